The van der Waals surface area contributed by atoms with Crippen LogP contribution in [0.15, 0.2) is 24.4 Å². The molecule has 1 N–H and O–H groups in total. The van der Waals surface area contributed by atoms with Crippen LogP contribution in [0.4, 0.5) is 0 Å². The highest BCUT2D eigenvalue weighted by Crippen LogP contribution is 2.27. The topological polar surface area (TPSA) is 64.4 Å². The molecule has 5 nitrogen and oxygen atoms in total. The van der Waals surface area contributed by atoms with Crippen molar-refractivity contribution in [3.05, 3.63) is 40.7 Å². The molecule has 0 saturated carbocycles. The summed E-state index contributed by atoms with van der Waals surface area (Å²) in [6.45, 7) is 1.69. The maximum absolute atomic E-state index is 10.9. The molecule has 2 aromatic rings. The standard InChI is InChI=1S/C12H11ClN2O3/c1-7-9(12(16)17)6-14-15(7)8-3-4-11(18-2)10(13)5-8/h3-6H,1-2H3,(H,16,17). The van der Waals surface area contributed by atoms with Crippen molar-refractivity contribution in [2.24, 2.45) is 0 Å². The summed E-state index contributed by atoms with van der Waals surface area (Å²) >= 11 is 6.02. The quantitative estimate of drug-likeness (QED) is 0.927. The van der Waals surface area contributed by atoms with Gasteiger partial charge in [-0.15, -0.1) is 0 Å². The molecule has 1 heterocycles. The minimum Gasteiger partial charge on any atom is -0.495 e. The number of ether oxygens (including phenoxy) is 1. The van der Waals surface area contributed by atoms with E-state index in [2.05, 4.69) is 5.10 Å². The fourth-order valence-electron chi connectivity index (χ4n) is 1.67. The van der Waals surface area contributed by atoms with Crippen LogP contribution < -0.4 is 4.74 Å². The average molecular weight is 267 g/mol. The Labute approximate surface area is 109 Å². The number of hydrogen-bond acceptors (Lipinski definition) is 3. The van der Waals surface area contributed by atoms with Crippen molar-refractivity contribution in [1.29, 1.82) is 0 Å². The van der Waals surface area contributed by atoms with Crippen LogP contribution >= 0.6 is 11.6 Å². The van der Waals surface area contributed by atoms with Crippen LogP contribution in [0.5, 0.6) is 5.75 Å². The maximum Gasteiger partial charge on any atom is 0.339 e. The molecular formula is C12H11ClN2O3. The van der Waals surface area contributed by atoms with E-state index in [1.807, 2.05) is 0 Å². The van der Waals surface area contributed by atoms with Gasteiger partial charge in [0.05, 0.1) is 29.7 Å². The fraction of sp³-hybridized carbons (Fsp3) is 0.167. The van der Waals surface area contributed by atoms with Gasteiger partial charge in [0, 0.05) is 0 Å². The summed E-state index contributed by atoms with van der Waals surface area (Å²) < 4.78 is 6.58. The molecule has 0 fully saturated rings. The Bertz CT molecular complexity index is 607. The van der Waals surface area contributed by atoms with E-state index in [1.54, 1.807) is 25.1 Å². The van der Waals surface area contributed by atoms with Gasteiger partial charge in [-0.2, -0.15) is 5.10 Å². The molecule has 0 spiro atoms. The maximum atomic E-state index is 10.9. The Morgan fingerprint density at radius 2 is 2.22 bits per heavy atom. The van der Waals surface area contributed by atoms with Crippen molar-refractivity contribution >= 4 is 17.6 Å². The minimum absolute atomic E-state index is 0.168. The summed E-state index contributed by atoms with van der Waals surface area (Å²) in [4.78, 5) is 10.9. The molecule has 0 aliphatic rings. The predicted octanol–water partition coefficient (Wildman–Crippen LogP) is 2.54. The highest BCUT2D eigenvalue weighted by atomic mass is 35.5. The van der Waals surface area contributed by atoms with E-state index in [1.165, 1.54) is 18.0 Å². The first-order valence-corrected chi connectivity index (χ1v) is 5.54. The van der Waals surface area contributed by atoms with E-state index < -0.39 is 5.97 Å². The lowest BCUT2D eigenvalue weighted by molar-refractivity contribution is 0.0696. The number of nitrogens with zero attached hydrogens (tertiary/aromatic N) is 2. The predicted molar refractivity (Wildman–Crippen MR) is 66.8 cm³/mol. The number of carboxylic acids is 1. The molecule has 0 radical (unpaired) electrons. The van der Waals surface area contributed by atoms with Crippen LogP contribution in [0.3, 0.4) is 0 Å². The van der Waals surface area contributed by atoms with Gasteiger partial charge < -0.3 is 9.84 Å². The average Bonchev–Trinajstić information content (AvgIpc) is 2.71. The molecule has 0 bridgehead atoms. The second kappa shape index (κ2) is 4.70. The fourth-order valence-corrected chi connectivity index (χ4v) is 1.92. The SMILES string of the molecule is COc1ccc(-n2ncc(C(=O)O)c2C)cc1Cl. The summed E-state index contributed by atoms with van der Waals surface area (Å²) in [5.41, 5.74) is 1.40. The normalized spacial score (nSPS) is 10.4. The minimum atomic E-state index is -1.00. The molecule has 94 valence electrons. The van der Waals surface area contributed by atoms with Gasteiger partial charge in [-0.05, 0) is 25.1 Å². The summed E-state index contributed by atoms with van der Waals surface area (Å²) in [5.74, 6) is -0.443. The number of carbonyl (C=O) groups is 1. The second-order valence-electron chi connectivity index (χ2n) is 3.68. The van der Waals surface area contributed by atoms with Crippen LogP contribution in [-0.2, 0) is 0 Å². The van der Waals surface area contributed by atoms with Gasteiger partial charge in [0.25, 0.3) is 0 Å². The van der Waals surface area contributed by atoms with Gasteiger partial charge in [-0.3, -0.25) is 0 Å². The Balaban J connectivity index is 2.49. The number of aromatic nitrogens is 2. The van der Waals surface area contributed by atoms with E-state index in [-0.39, 0.29) is 5.56 Å². The van der Waals surface area contributed by atoms with Crippen molar-refractivity contribution < 1.29 is 14.6 Å². The van der Waals surface area contributed by atoms with Crippen molar-refractivity contribution in [1.82, 2.24) is 9.78 Å². The number of hydrogen-bond donors (Lipinski definition) is 1. The second-order valence-corrected chi connectivity index (χ2v) is 4.09. The lowest BCUT2D eigenvalue weighted by Crippen LogP contribution is -2.02. The molecule has 6 heteroatoms. The number of carboxylic acid groups (broad SMARTS) is 1. The zero-order valence-electron chi connectivity index (χ0n) is 9.85. The van der Waals surface area contributed by atoms with Gasteiger partial charge in [-0.25, -0.2) is 9.48 Å². The zero-order chi connectivity index (χ0) is 13.3. The van der Waals surface area contributed by atoms with E-state index in [0.29, 0.717) is 22.2 Å². The van der Waals surface area contributed by atoms with E-state index in [9.17, 15) is 4.79 Å². The third-order valence-corrected chi connectivity index (χ3v) is 2.92. The third-order valence-electron chi connectivity index (χ3n) is 2.62. The Kier molecular flexibility index (Phi) is 3.25. The summed E-state index contributed by atoms with van der Waals surface area (Å²) in [6.07, 6.45) is 1.32. The summed E-state index contributed by atoms with van der Waals surface area (Å²) in [5, 5.41) is 13.4. The van der Waals surface area contributed by atoms with Crippen molar-refractivity contribution in [2.45, 2.75) is 6.92 Å². The molecule has 0 saturated heterocycles. The molecule has 0 amide bonds. The van der Waals surface area contributed by atoms with Crippen molar-refractivity contribution in [3.63, 3.8) is 0 Å². The molecule has 0 atom stereocenters. The lowest BCUT2D eigenvalue weighted by Gasteiger charge is -2.08. The highest BCUT2D eigenvalue weighted by molar-refractivity contribution is 6.32. The first kappa shape index (κ1) is 12.4. The molecule has 18 heavy (non-hydrogen) atoms. The number of halogens is 1. The number of benzene rings is 1. The Morgan fingerprint density at radius 1 is 1.50 bits per heavy atom. The summed E-state index contributed by atoms with van der Waals surface area (Å²) in [7, 11) is 1.53. The van der Waals surface area contributed by atoms with Crippen LogP contribution in [-0.4, -0.2) is 28.0 Å². The third kappa shape index (κ3) is 2.04. The van der Waals surface area contributed by atoms with Crippen LogP contribution in [0.1, 0.15) is 16.1 Å². The molecule has 0 aliphatic carbocycles. The molecule has 0 unspecified atom stereocenters. The van der Waals surface area contributed by atoms with Gasteiger partial charge in [0.1, 0.15) is 11.3 Å². The smallest absolute Gasteiger partial charge is 0.339 e. The van der Waals surface area contributed by atoms with Gasteiger partial charge in [-0.1, -0.05) is 11.6 Å². The zero-order valence-corrected chi connectivity index (χ0v) is 10.6. The number of methoxy groups -OCH3 is 1. The van der Waals surface area contributed by atoms with E-state index >= 15 is 0 Å². The van der Waals surface area contributed by atoms with Gasteiger partial charge >= 0.3 is 5.97 Å². The molecule has 1 aromatic heterocycles. The molecule has 1 aromatic carbocycles. The van der Waals surface area contributed by atoms with Crippen molar-refractivity contribution in [2.75, 3.05) is 7.11 Å². The van der Waals surface area contributed by atoms with E-state index in [4.69, 9.17) is 21.4 Å². The van der Waals surface area contributed by atoms with Crippen LogP contribution in [0.2, 0.25) is 5.02 Å². The van der Waals surface area contributed by atoms with Crippen molar-refractivity contribution in [3.8, 4) is 11.4 Å². The van der Waals surface area contributed by atoms with E-state index in [0.717, 1.165) is 0 Å². The van der Waals surface area contributed by atoms with Crippen LogP contribution in [0.25, 0.3) is 5.69 Å². The molecule has 0 aliphatic heterocycles. The first-order chi connectivity index (χ1) is 8.54. The lowest BCUT2D eigenvalue weighted by atomic mass is 10.2. The van der Waals surface area contributed by atoms with Gasteiger partial charge in [0.2, 0.25) is 0 Å². The first-order valence-electron chi connectivity index (χ1n) is 5.16. The Hall–Kier alpha value is -2.01. The number of rotatable bonds is 3. The largest absolute Gasteiger partial charge is 0.495 e. The Morgan fingerprint density at radius 3 is 2.72 bits per heavy atom. The van der Waals surface area contributed by atoms with Gasteiger partial charge in [0.15, 0.2) is 0 Å². The summed E-state index contributed by atoms with van der Waals surface area (Å²) in [6, 6.07) is 5.14. The van der Waals surface area contributed by atoms with Crippen LogP contribution in [0, 0.1) is 6.92 Å². The number of aromatic carboxylic acids is 1. The monoisotopic (exact) mass is 266 g/mol. The molecule has 2 rings (SSSR count). The molecular weight excluding hydrogens is 256 g/mol. The highest BCUT2D eigenvalue weighted by Gasteiger charge is 2.14.